The number of hydrogen-bond acceptors (Lipinski definition) is 7. The Kier molecular flexibility index (Phi) is 6.20. The topological polar surface area (TPSA) is 67.2 Å². The number of rotatable bonds is 4. The van der Waals surface area contributed by atoms with E-state index in [-0.39, 0.29) is 23.8 Å². The van der Waals surface area contributed by atoms with Crippen molar-refractivity contribution in [2.75, 3.05) is 31.2 Å². The van der Waals surface area contributed by atoms with Gasteiger partial charge < -0.3 is 9.64 Å². The van der Waals surface area contributed by atoms with Crippen LogP contribution in [0.15, 0.2) is 52.3 Å². The Bertz CT molecular complexity index is 1380. The Morgan fingerprint density at radius 2 is 1.91 bits per heavy atom. The summed E-state index contributed by atoms with van der Waals surface area (Å²) in [4.78, 5) is 35.4. The van der Waals surface area contributed by atoms with Gasteiger partial charge in [0, 0.05) is 19.3 Å². The number of ether oxygens (including phenoxy) is 1. The largest absolute Gasteiger partial charge is 0.378 e. The standard InChI is InChI=1S/C24H21FN4O3S2/c1-15-3-2-8-28-20(15)26-21(27-9-11-32-12-10-27)18(22(28)30)13-19-23(31)29(24(33)34-19)14-16-4-6-17(25)7-5-16/h2-8,13H,9-12,14H2,1H3. The van der Waals surface area contributed by atoms with Gasteiger partial charge in [-0.2, -0.15) is 0 Å². The van der Waals surface area contributed by atoms with Crippen molar-refractivity contribution in [1.29, 1.82) is 0 Å². The summed E-state index contributed by atoms with van der Waals surface area (Å²) < 4.78 is 20.6. The first-order valence-electron chi connectivity index (χ1n) is 10.8. The molecule has 0 radical (unpaired) electrons. The number of thiocarbonyl (C=S) groups is 1. The van der Waals surface area contributed by atoms with Crippen molar-refractivity contribution in [2.24, 2.45) is 0 Å². The lowest BCUT2D eigenvalue weighted by molar-refractivity contribution is -0.122. The van der Waals surface area contributed by atoms with Crippen molar-refractivity contribution >= 4 is 51.7 Å². The molecule has 4 heterocycles. The number of benzene rings is 1. The molecule has 7 nitrogen and oxygen atoms in total. The highest BCUT2D eigenvalue weighted by atomic mass is 32.2. The summed E-state index contributed by atoms with van der Waals surface area (Å²) in [6.45, 7) is 4.40. The zero-order valence-corrected chi connectivity index (χ0v) is 20.0. The van der Waals surface area contributed by atoms with Gasteiger partial charge in [-0.15, -0.1) is 0 Å². The first-order valence-corrected chi connectivity index (χ1v) is 12.0. The lowest BCUT2D eigenvalue weighted by Crippen LogP contribution is -2.38. The van der Waals surface area contributed by atoms with Gasteiger partial charge in [-0.1, -0.05) is 42.2 Å². The molecule has 3 aromatic rings. The molecule has 2 aliphatic heterocycles. The van der Waals surface area contributed by atoms with E-state index in [0.29, 0.717) is 52.6 Å². The lowest BCUT2D eigenvalue weighted by Gasteiger charge is -2.29. The van der Waals surface area contributed by atoms with Gasteiger partial charge in [-0.25, -0.2) is 9.37 Å². The summed E-state index contributed by atoms with van der Waals surface area (Å²) in [7, 11) is 0. The maximum absolute atomic E-state index is 13.5. The van der Waals surface area contributed by atoms with Crippen LogP contribution in [0, 0.1) is 12.7 Å². The number of hydrogen-bond donors (Lipinski definition) is 0. The molecule has 0 unspecified atom stereocenters. The van der Waals surface area contributed by atoms with E-state index < -0.39 is 0 Å². The number of thioether (sulfide) groups is 1. The van der Waals surface area contributed by atoms with Crippen LogP contribution >= 0.6 is 24.0 Å². The molecule has 2 aliphatic rings. The summed E-state index contributed by atoms with van der Waals surface area (Å²) in [5, 5.41) is 0. The van der Waals surface area contributed by atoms with Crippen LogP contribution in [0.25, 0.3) is 11.7 Å². The second kappa shape index (κ2) is 9.28. The zero-order valence-electron chi connectivity index (χ0n) is 18.4. The SMILES string of the molecule is Cc1cccn2c(=O)c(C=C3SC(=S)N(Cc4ccc(F)cc4)C3=O)c(N3CCOCC3)nc12. The van der Waals surface area contributed by atoms with Crippen molar-refractivity contribution in [3.05, 3.63) is 80.4 Å². The fraction of sp³-hybridized carbons (Fsp3) is 0.250. The Morgan fingerprint density at radius 1 is 1.18 bits per heavy atom. The molecule has 0 bridgehead atoms. The van der Waals surface area contributed by atoms with Crippen LogP contribution in [-0.2, 0) is 16.1 Å². The number of amides is 1. The van der Waals surface area contributed by atoms with Crippen LogP contribution in [0.3, 0.4) is 0 Å². The minimum Gasteiger partial charge on any atom is -0.378 e. The van der Waals surface area contributed by atoms with Gasteiger partial charge in [0.2, 0.25) is 0 Å². The molecule has 0 N–H and O–H groups in total. The average molecular weight is 497 g/mol. The van der Waals surface area contributed by atoms with Crippen LogP contribution in [0.5, 0.6) is 0 Å². The monoisotopic (exact) mass is 496 g/mol. The first kappa shape index (κ1) is 22.7. The average Bonchev–Trinajstić information content (AvgIpc) is 3.10. The van der Waals surface area contributed by atoms with E-state index >= 15 is 0 Å². The number of morpholine rings is 1. The number of fused-ring (bicyclic) bond motifs is 1. The predicted molar refractivity (Wildman–Crippen MR) is 134 cm³/mol. The Hall–Kier alpha value is -3.08. The predicted octanol–water partition coefficient (Wildman–Crippen LogP) is 3.38. The van der Waals surface area contributed by atoms with Crippen LogP contribution in [0.4, 0.5) is 10.2 Å². The lowest BCUT2D eigenvalue weighted by atomic mass is 10.2. The molecule has 174 valence electrons. The maximum Gasteiger partial charge on any atom is 0.267 e. The van der Waals surface area contributed by atoms with E-state index in [1.807, 2.05) is 17.9 Å². The molecule has 10 heteroatoms. The summed E-state index contributed by atoms with van der Waals surface area (Å²) in [5.74, 6) is -0.100. The second-order valence-corrected chi connectivity index (χ2v) is 9.71. The molecule has 0 spiro atoms. The summed E-state index contributed by atoms with van der Waals surface area (Å²) in [6, 6.07) is 9.64. The van der Waals surface area contributed by atoms with Crippen LogP contribution in [-0.4, -0.2) is 50.8 Å². The van der Waals surface area contributed by atoms with E-state index in [4.69, 9.17) is 21.9 Å². The van der Waals surface area contributed by atoms with Crippen LogP contribution in [0.1, 0.15) is 16.7 Å². The minimum atomic E-state index is -0.343. The Labute approximate surface area is 204 Å². The highest BCUT2D eigenvalue weighted by Gasteiger charge is 2.33. The molecule has 0 saturated carbocycles. The number of nitrogens with zero attached hydrogens (tertiary/aromatic N) is 4. The van der Waals surface area contributed by atoms with Gasteiger partial charge in [0.05, 0.1) is 30.2 Å². The minimum absolute atomic E-state index is 0.229. The molecule has 0 atom stereocenters. The third-order valence-corrected chi connectivity index (χ3v) is 7.16. The number of halogens is 1. The molecular weight excluding hydrogens is 475 g/mol. The highest BCUT2D eigenvalue weighted by molar-refractivity contribution is 8.26. The molecule has 2 saturated heterocycles. The zero-order chi connectivity index (χ0) is 23.8. The number of pyridine rings is 1. The Balaban J connectivity index is 1.57. The Morgan fingerprint density at radius 3 is 2.65 bits per heavy atom. The second-order valence-electron chi connectivity index (χ2n) is 8.03. The molecule has 1 aromatic carbocycles. The van der Waals surface area contributed by atoms with Crippen molar-refractivity contribution in [1.82, 2.24) is 14.3 Å². The number of anilines is 1. The normalized spacial score (nSPS) is 17.9. The summed E-state index contributed by atoms with van der Waals surface area (Å²) in [5.41, 5.74) is 2.31. The van der Waals surface area contributed by atoms with Gasteiger partial charge in [0.25, 0.3) is 11.5 Å². The van der Waals surface area contributed by atoms with Crippen molar-refractivity contribution < 1.29 is 13.9 Å². The van der Waals surface area contributed by atoms with Crippen molar-refractivity contribution in [3.63, 3.8) is 0 Å². The quantitative estimate of drug-likeness (QED) is 0.405. The fourth-order valence-corrected chi connectivity index (χ4v) is 5.22. The third-order valence-electron chi connectivity index (χ3n) is 5.78. The number of aryl methyl sites for hydroxylation is 1. The van der Waals surface area contributed by atoms with E-state index in [1.165, 1.54) is 21.4 Å². The molecule has 2 fully saturated rings. The van der Waals surface area contributed by atoms with Crippen LogP contribution < -0.4 is 10.5 Å². The molecule has 34 heavy (non-hydrogen) atoms. The van der Waals surface area contributed by atoms with Gasteiger partial charge >= 0.3 is 0 Å². The van der Waals surface area contributed by atoms with Crippen molar-refractivity contribution in [2.45, 2.75) is 13.5 Å². The van der Waals surface area contributed by atoms with Crippen LogP contribution in [0.2, 0.25) is 0 Å². The molecule has 2 aromatic heterocycles. The molecule has 1 amide bonds. The van der Waals surface area contributed by atoms with Gasteiger partial charge in [0.15, 0.2) is 0 Å². The van der Waals surface area contributed by atoms with E-state index in [1.54, 1.807) is 30.5 Å². The number of aromatic nitrogens is 2. The number of carbonyl (C=O) groups is 1. The molecular formula is C24H21FN4O3S2. The molecule has 0 aliphatic carbocycles. The number of carbonyl (C=O) groups excluding carboxylic acids is 1. The first-order chi connectivity index (χ1) is 16.4. The fourth-order valence-electron chi connectivity index (χ4n) is 3.98. The summed E-state index contributed by atoms with van der Waals surface area (Å²) >= 11 is 6.60. The smallest absolute Gasteiger partial charge is 0.267 e. The van der Waals surface area contributed by atoms with Gasteiger partial charge in [0.1, 0.15) is 21.6 Å². The van der Waals surface area contributed by atoms with Gasteiger partial charge in [-0.3, -0.25) is 18.9 Å². The maximum atomic E-state index is 13.5. The summed E-state index contributed by atoms with van der Waals surface area (Å²) in [6.07, 6.45) is 3.27. The third kappa shape index (κ3) is 4.24. The highest BCUT2D eigenvalue weighted by Crippen LogP contribution is 2.34. The van der Waals surface area contributed by atoms with Crippen molar-refractivity contribution in [3.8, 4) is 0 Å². The van der Waals surface area contributed by atoms with Gasteiger partial charge in [-0.05, 0) is 42.3 Å². The molecule has 5 rings (SSSR count). The van der Waals surface area contributed by atoms with E-state index in [0.717, 1.165) is 22.9 Å². The van der Waals surface area contributed by atoms with E-state index in [2.05, 4.69) is 0 Å². The van der Waals surface area contributed by atoms with E-state index in [9.17, 15) is 14.0 Å².